The molecule has 0 aromatic heterocycles. The second kappa shape index (κ2) is 12.4. The van der Waals surface area contributed by atoms with Crippen molar-refractivity contribution in [2.45, 2.75) is 12.5 Å². The maximum atomic E-state index is 13.0. The van der Waals surface area contributed by atoms with Crippen molar-refractivity contribution in [2.24, 2.45) is 5.16 Å². The predicted octanol–water partition coefficient (Wildman–Crippen LogP) is 3.60. The zero-order valence-electron chi connectivity index (χ0n) is 21.5. The summed E-state index contributed by atoms with van der Waals surface area (Å²) in [7, 11) is 8.31. The smallest absolute Gasteiger partial charge is 0.326 e. The molecule has 2 N–H and O–H groups in total. The molecule has 0 bridgehead atoms. The number of carbonyl (C=O) groups is 2. The van der Waals surface area contributed by atoms with Crippen LogP contribution in [-0.4, -0.2) is 64.2 Å². The fourth-order valence-corrected chi connectivity index (χ4v) is 3.84. The average molecular weight is 506 g/mol. The van der Waals surface area contributed by atoms with Gasteiger partial charge in [0.1, 0.15) is 24.7 Å². The molecule has 0 aliphatic heterocycles. The summed E-state index contributed by atoms with van der Waals surface area (Å²) in [6, 6.07) is 18.8. The Bertz CT molecular complexity index is 1230. The van der Waals surface area contributed by atoms with E-state index in [-0.39, 0.29) is 12.1 Å². The molecule has 0 spiro atoms. The van der Waals surface area contributed by atoms with Gasteiger partial charge in [0.2, 0.25) is 0 Å². The second-order valence-electron chi connectivity index (χ2n) is 8.37. The first-order valence-electron chi connectivity index (χ1n) is 11.5. The Hall–Kier alpha value is -4.53. The molecule has 0 aliphatic rings. The summed E-state index contributed by atoms with van der Waals surface area (Å²) in [5.41, 5.74) is 3.80. The summed E-state index contributed by atoms with van der Waals surface area (Å²) in [4.78, 5) is 31.8. The number of nitrogens with one attached hydrogen (secondary N) is 1. The highest BCUT2D eigenvalue weighted by molar-refractivity contribution is 6.45. The number of methoxy groups -OCH3 is 2. The molecule has 9 heteroatoms. The van der Waals surface area contributed by atoms with Gasteiger partial charge >= 0.3 is 5.97 Å². The number of ether oxygens (including phenoxy) is 2. The molecule has 3 rings (SSSR count). The van der Waals surface area contributed by atoms with Crippen LogP contribution in [0.25, 0.3) is 11.1 Å². The third-order valence-electron chi connectivity index (χ3n) is 5.77. The molecule has 0 radical (unpaired) electrons. The highest BCUT2D eigenvalue weighted by Crippen LogP contribution is 2.38. The lowest BCUT2D eigenvalue weighted by atomic mass is 9.99. The number of aliphatic carboxylic acids is 1. The molecule has 0 heterocycles. The molecular formula is C28H31N3O6. The Kier molecular flexibility index (Phi) is 9.10. The number of carbonyl (C=O) groups excluding carboxylic acids is 1. The minimum atomic E-state index is -1.18. The molecule has 3 aromatic carbocycles. The normalized spacial score (nSPS) is 11.9. The zero-order chi connectivity index (χ0) is 26.9. The maximum Gasteiger partial charge on any atom is 0.326 e. The fraction of sp³-hybridized carbons (Fsp3) is 0.250. The van der Waals surface area contributed by atoms with E-state index < -0.39 is 17.9 Å². The van der Waals surface area contributed by atoms with Crippen LogP contribution in [-0.2, 0) is 20.8 Å². The number of nitrogens with zero attached hydrogens (tertiary/aromatic N) is 2. The molecule has 194 valence electrons. The third kappa shape index (κ3) is 6.58. The number of carboxylic acids is 1. The Morgan fingerprint density at radius 2 is 1.51 bits per heavy atom. The van der Waals surface area contributed by atoms with Crippen molar-refractivity contribution in [3.05, 3.63) is 77.9 Å². The molecule has 0 fully saturated rings. The minimum Gasteiger partial charge on any atom is -0.496 e. The monoisotopic (exact) mass is 505 g/mol. The fourth-order valence-electron chi connectivity index (χ4n) is 3.84. The van der Waals surface area contributed by atoms with E-state index in [1.807, 2.05) is 73.6 Å². The van der Waals surface area contributed by atoms with Crippen LogP contribution in [0, 0.1) is 0 Å². The molecule has 9 nitrogen and oxygen atoms in total. The SMILES string of the molecule is CON=C(C(=O)N[C@@H](Cc1ccc(-c2c(OC)cccc2OC)cc1)C(=O)O)c1ccc(N(C)C)cc1. The molecule has 1 atom stereocenters. The number of amides is 1. The van der Waals surface area contributed by atoms with Crippen molar-refractivity contribution in [1.82, 2.24) is 5.32 Å². The number of hydrogen-bond donors (Lipinski definition) is 2. The summed E-state index contributed by atoms with van der Waals surface area (Å²) in [5, 5.41) is 16.2. The molecule has 0 saturated heterocycles. The topological polar surface area (TPSA) is 110 Å². The highest BCUT2D eigenvalue weighted by Gasteiger charge is 2.25. The second-order valence-corrected chi connectivity index (χ2v) is 8.37. The van der Waals surface area contributed by atoms with Gasteiger partial charge in [0, 0.05) is 31.8 Å². The summed E-state index contributed by atoms with van der Waals surface area (Å²) < 4.78 is 11.0. The first-order chi connectivity index (χ1) is 17.8. The Morgan fingerprint density at radius 1 is 0.919 bits per heavy atom. The number of carboxylic acid groups (broad SMARTS) is 1. The number of hydrogen-bond acceptors (Lipinski definition) is 7. The van der Waals surface area contributed by atoms with Crippen molar-refractivity contribution in [2.75, 3.05) is 40.3 Å². The van der Waals surface area contributed by atoms with Crippen molar-refractivity contribution in [1.29, 1.82) is 0 Å². The van der Waals surface area contributed by atoms with Crippen LogP contribution < -0.4 is 19.7 Å². The van der Waals surface area contributed by atoms with Gasteiger partial charge in [-0.2, -0.15) is 0 Å². The van der Waals surface area contributed by atoms with E-state index in [1.54, 1.807) is 26.4 Å². The van der Waals surface area contributed by atoms with Gasteiger partial charge in [0.25, 0.3) is 5.91 Å². The zero-order valence-corrected chi connectivity index (χ0v) is 21.5. The Morgan fingerprint density at radius 3 is 2.00 bits per heavy atom. The minimum absolute atomic E-state index is 0.0160. The van der Waals surface area contributed by atoms with Gasteiger partial charge in [-0.1, -0.05) is 47.6 Å². The van der Waals surface area contributed by atoms with Crippen LogP contribution in [0.3, 0.4) is 0 Å². The van der Waals surface area contributed by atoms with E-state index in [9.17, 15) is 14.7 Å². The molecule has 0 aliphatic carbocycles. The molecule has 37 heavy (non-hydrogen) atoms. The summed E-state index contributed by atoms with van der Waals surface area (Å²) in [6.45, 7) is 0. The number of oxime groups is 1. The van der Waals surface area contributed by atoms with E-state index in [2.05, 4.69) is 10.5 Å². The van der Waals surface area contributed by atoms with Crippen molar-refractivity contribution in [3.63, 3.8) is 0 Å². The maximum absolute atomic E-state index is 13.0. The van der Waals surface area contributed by atoms with Crippen LogP contribution in [0.1, 0.15) is 11.1 Å². The number of benzene rings is 3. The van der Waals surface area contributed by atoms with Crippen LogP contribution >= 0.6 is 0 Å². The van der Waals surface area contributed by atoms with E-state index in [4.69, 9.17) is 14.3 Å². The lowest BCUT2D eigenvalue weighted by Gasteiger charge is -2.17. The predicted molar refractivity (Wildman–Crippen MR) is 143 cm³/mol. The molecule has 3 aromatic rings. The molecule has 1 amide bonds. The van der Waals surface area contributed by atoms with E-state index in [0.29, 0.717) is 17.1 Å². The van der Waals surface area contributed by atoms with Gasteiger partial charge in [-0.15, -0.1) is 0 Å². The molecule has 0 saturated carbocycles. The third-order valence-corrected chi connectivity index (χ3v) is 5.77. The lowest BCUT2D eigenvalue weighted by Crippen LogP contribution is -2.45. The van der Waals surface area contributed by atoms with Crippen LogP contribution in [0.15, 0.2) is 71.9 Å². The van der Waals surface area contributed by atoms with Crippen molar-refractivity contribution < 1.29 is 29.0 Å². The van der Waals surface area contributed by atoms with E-state index in [0.717, 1.165) is 22.4 Å². The highest BCUT2D eigenvalue weighted by atomic mass is 16.6. The average Bonchev–Trinajstić information content (AvgIpc) is 2.91. The first-order valence-corrected chi connectivity index (χ1v) is 11.5. The van der Waals surface area contributed by atoms with Crippen LogP contribution in [0.2, 0.25) is 0 Å². The lowest BCUT2D eigenvalue weighted by molar-refractivity contribution is -0.141. The van der Waals surface area contributed by atoms with Gasteiger partial charge in [-0.05, 0) is 35.4 Å². The van der Waals surface area contributed by atoms with E-state index >= 15 is 0 Å². The van der Waals surface area contributed by atoms with Crippen molar-refractivity contribution in [3.8, 4) is 22.6 Å². The summed E-state index contributed by atoms with van der Waals surface area (Å²) in [6.07, 6.45) is 0.0737. The van der Waals surface area contributed by atoms with Gasteiger partial charge in [0.15, 0.2) is 5.71 Å². The summed E-state index contributed by atoms with van der Waals surface area (Å²) >= 11 is 0. The quantitative estimate of drug-likeness (QED) is 0.303. The Labute approximate surface area is 216 Å². The standard InChI is InChI=1S/C28H31N3O6/c1-31(2)21-15-13-20(14-16-21)26(30-37-5)27(32)29-22(28(33)34)17-18-9-11-19(12-10-18)25-23(35-3)7-6-8-24(25)36-4/h6-16,22H,17H2,1-5H3,(H,29,32)(H,33,34)/t22-/m0/s1. The van der Waals surface area contributed by atoms with E-state index in [1.165, 1.54) is 7.11 Å². The number of anilines is 1. The first kappa shape index (κ1) is 27.1. The van der Waals surface area contributed by atoms with Gasteiger partial charge in [0.05, 0.1) is 19.8 Å². The molecule has 0 unspecified atom stereocenters. The van der Waals surface area contributed by atoms with Crippen LogP contribution in [0.5, 0.6) is 11.5 Å². The van der Waals surface area contributed by atoms with Crippen molar-refractivity contribution >= 4 is 23.3 Å². The molecular weight excluding hydrogens is 474 g/mol. The summed E-state index contributed by atoms with van der Waals surface area (Å²) in [5.74, 6) is -0.497. The van der Waals surface area contributed by atoms with Gasteiger partial charge in [-0.25, -0.2) is 4.79 Å². The Balaban J connectivity index is 1.79. The number of rotatable bonds is 11. The largest absolute Gasteiger partial charge is 0.496 e. The van der Waals surface area contributed by atoms with Crippen LogP contribution in [0.4, 0.5) is 5.69 Å². The van der Waals surface area contributed by atoms with Gasteiger partial charge < -0.3 is 29.6 Å². The van der Waals surface area contributed by atoms with Gasteiger partial charge in [-0.3, -0.25) is 4.79 Å².